The van der Waals surface area contributed by atoms with E-state index in [2.05, 4.69) is 46.3 Å². The minimum Gasteiger partial charge on any atom is -0.378 e. The summed E-state index contributed by atoms with van der Waals surface area (Å²) in [6, 6.07) is 16.1. The second kappa shape index (κ2) is 9.42. The number of carbonyl (C=O) groups is 1. The van der Waals surface area contributed by atoms with Crippen LogP contribution in [0, 0.1) is 5.92 Å². The van der Waals surface area contributed by atoms with E-state index in [0.29, 0.717) is 5.56 Å². The zero-order valence-corrected chi connectivity index (χ0v) is 17.3. The van der Waals surface area contributed by atoms with Gasteiger partial charge in [-0.15, -0.1) is 0 Å². The summed E-state index contributed by atoms with van der Waals surface area (Å²) in [6.45, 7) is 9.00. The molecular weight excluding hydrogens is 362 g/mol. The Balaban J connectivity index is 1.32. The number of anilines is 2. The van der Waals surface area contributed by atoms with Gasteiger partial charge in [-0.1, -0.05) is 19.1 Å². The molecule has 2 aromatic rings. The van der Waals surface area contributed by atoms with Crippen molar-refractivity contribution in [2.75, 3.05) is 49.6 Å². The molecule has 2 saturated heterocycles. The Hall–Kier alpha value is -2.37. The molecule has 1 atom stereocenters. The largest absolute Gasteiger partial charge is 0.378 e. The van der Waals surface area contributed by atoms with Gasteiger partial charge in [-0.2, -0.15) is 0 Å². The molecule has 0 aliphatic carbocycles. The van der Waals surface area contributed by atoms with Gasteiger partial charge in [0.15, 0.2) is 0 Å². The monoisotopic (exact) mass is 393 g/mol. The SMILES string of the molecule is C[C@@H]1CCCN(Cc2ccc(C(=O)Nc3ccc(N4CCOCC4)cc3)cc2)C1. The number of hydrogen-bond donors (Lipinski definition) is 1. The van der Waals surface area contributed by atoms with E-state index in [1.54, 1.807) is 0 Å². The van der Waals surface area contributed by atoms with Gasteiger partial charge in [0.25, 0.3) is 5.91 Å². The molecular formula is C24H31N3O2. The number of carbonyl (C=O) groups excluding carboxylic acids is 1. The molecule has 2 aromatic carbocycles. The number of rotatable bonds is 5. The molecule has 0 radical (unpaired) electrons. The van der Waals surface area contributed by atoms with Crippen molar-refractivity contribution >= 4 is 17.3 Å². The molecule has 5 nitrogen and oxygen atoms in total. The molecule has 0 spiro atoms. The van der Waals surface area contributed by atoms with Gasteiger partial charge in [-0.25, -0.2) is 0 Å². The van der Waals surface area contributed by atoms with Crippen LogP contribution in [0.15, 0.2) is 48.5 Å². The van der Waals surface area contributed by atoms with Gasteiger partial charge in [0.1, 0.15) is 0 Å². The zero-order chi connectivity index (χ0) is 20.1. The fraction of sp³-hybridized carbons (Fsp3) is 0.458. The normalized spacial score (nSPS) is 20.4. The Morgan fingerprint density at radius 3 is 2.45 bits per heavy atom. The molecule has 1 N–H and O–H groups in total. The molecule has 2 aliphatic rings. The highest BCUT2D eigenvalue weighted by molar-refractivity contribution is 6.04. The van der Waals surface area contributed by atoms with Crippen LogP contribution in [0.25, 0.3) is 0 Å². The van der Waals surface area contributed by atoms with Crippen molar-refractivity contribution in [3.8, 4) is 0 Å². The first-order valence-electron chi connectivity index (χ1n) is 10.7. The molecule has 5 heteroatoms. The minimum atomic E-state index is -0.0673. The molecule has 29 heavy (non-hydrogen) atoms. The van der Waals surface area contributed by atoms with Crippen LogP contribution in [0.5, 0.6) is 0 Å². The van der Waals surface area contributed by atoms with Gasteiger partial charge in [-0.05, 0) is 67.3 Å². The molecule has 0 saturated carbocycles. The number of amides is 1. The molecule has 2 heterocycles. The second-order valence-electron chi connectivity index (χ2n) is 8.28. The summed E-state index contributed by atoms with van der Waals surface area (Å²) in [5, 5.41) is 3.00. The number of piperidine rings is 1. The fourth-order valence-electron chi connectivity index (χ4n) is 4.23. The van der Waals surface area contributed by atoms with E-state index in [1.165, 1.54) is 37.2 Å². The number of hydrogen-bond acceptors (Lipinski definition) is 4. The van der Waals surface area contributed by atoms with Gasteiger partial charge in [-0.3, -0.25) is 9.69 Å². The van der Waals surface area contributed by atoms with Crippen LogP contribution in [0.3, 0.4) is 0 Å². The summed E-state index contributed by atoms with van der Waals surface area (Å²) in [6.07, 6.45) is 2.62. The van der Waals surface area contributed by atoms with Crippen LogP contribution in [0.4, 0.5) is 11.4 Å². The maximum Gasteiger partial charge on any atom is 0.255 e. The van der Waals surface area contributed by atoms with Crippen molar-refractivity contribution in [2.45, 2.75) is 26.3 Å². The predicted molar refractivity (Wildman–Crippen MR) is 118 cm³/mol. The van der Waals surface area contributed by atoms with E-state index in [9.17, 15) is 4.79 Å². The number of likely N-dealkylation sites (tertiary alicyclic amines) is 1. The quantitative estimate of drug-likeness (QED) is 0.834. The molecule has 154 valence electrons. The lowest BCUT2D eigenvalue weighted by molar-refractivity contribution is 0.102. The Kier molecular flexibility index (Phi) is 6.47. The van der Waals surface area contributed by atoms with E-state index >= 15 is 0 Å². The van der Waals surface area contributed by atoms with Crippen LogP contribution in [-0.2, 0) is 11.3 Å². The van der Waals surface area contributed by atoms with E-state index in [4.69, 9.17) is 4.74 Å². The van der Waals surface area contributed by atoms with Crippen molar-refractivity contribution < 1.29 is 9.53 Å². The minimum absolute atomic E-state index is 0.0673. The van der Waals surface area contributed by atoms with Crippen molar-refractivity contribution in [2.24, 2.45) is 5.92 Å². The Bertz CT molecular complexity index is 798. The summed E-state index contributed by atoms with van der Waals surface area (Å²) >= 11 is 0. The highest BCUT2D eigenvalue weighted by Crippen LogP contribution is 2.20. The molecule has 2 fully saturated rings. The summed E-state index contributed by atoms with van der Waals surface area (Å²) in [7, 11) is 0. The number of morpholine rings is 1. The number of benzene rings is 2. The van der Waals surface area contributed by atoms with Crippen LogP contribution in [0.1, 0.15) is 35.7 Å². The smallest absolute Gasteiger partial charge is 0.255 e. The first kappa shape index (κ1) is 19.9. The second-order valence-corrected chi connectivity index (χ2v) is 8.28. The standard InChI is InChI=1S/C24H31N3O2/c1-19-3-2-12-26(17-19)18-20-4-6-21(7-5-20)24(28)25-22-8-10-23(11-9-22)27-13-15-29-16-14-27/h4-11,19H,2-3,12-18H2,1H3,(H,25,28)/t19-/m1/s1. The Morgan fingerprint density at radius 1 is 1.03 bits per heavy atom. The average Bonchev–Trinajstić information content (AvgIpc) is 2.75. The van der Waals surface area contributed by atoms with E-state index in [1.807, 2.05) is 24.3 Å². The molecule has 4 rings (SSSR count). The van der Waals surface area contributed by atoms with Crippen LogP contribution < -0.4 is 10.2 Å². The number of nitrogens with zero attached hydrogens (tertiary/aromatic N) is 2. The summed E-state index contributed by atoms with van der Waals surface area (Å²) < 4.78 is 5.40. The van der Waals surface area contributed by atoms with Crippen LogP contribution in [0.2, 0.25) is 0 Å². The van der Waals surface area contributed by atoms with E-state index < -0.39 is 0 Å². The average molecular weight is 394 g/mol. The lowest BCUT2D eigenvalue weighted by Crippen LogP contribution is -2.36. The highest BCUT2D eigenvalue weighted by atomic mass is 16.5. The third-order valence-corrected chi connectivity index (χ3v) is 5.86. The zero-order valence-electron chi connectivity index (χ0n) is 17.3. The predicted octanol–water partition coefficient (Wildman–Crippen LogP) is 4.01. The lowest BCUT2D eigenvalue weighted by atomic mass is 9.99. The maximum absolute atomic E-state index is 12.6. The third kappa shape index (κ3) is 5.37. The van der Waals surface area contributed by atoms with E-state index in [0.717, 1.165) is 44.5 Å². The van der Waals surface area contributed by atoms with Crippen LogP contribution in [-0.4, -0.2) is 50.2 Å². The van der Waals surface area contributed by atoms with Crippen LogP contribution >= 0.6 is 0 Å². The molecule has 0 bridgehead atoms. The van der Waals surface area contributed by atoms with Crippen molar-refractivity contribution in [1.29, 1.82) is 0 Å². The maximum atomic E-state index is 12.6. The molecule has 1 amide bonds. The van der Waals surface area contributed by atoms with Gasteiger partial charge < -0.3 is 15.0 Å². The lowest BCUT2D eigenvalue weighted by Gasteiger charge is -2.30. The molecule has 2 aliphatic heterocycles. The molecule has 0 unspecified atom stereocenters. The first-order valence-corrected chi connectivity index (χ1v) is 10.7. The summed E-state index contributed by atoms with van der Waals surface area (Å²) in [5.41, 5.74) is 3.95. The van der Waals surface area contributed by atoms with Crippen molar-refractivity contribution in [3.63, 3.8) is 0 Å². The first-order chi connectivity index (χ1) is 14.2. The van der Waals surface area contributed by atoms with Crippen molar-refractivity contribution in [1.82, 2.24) is 4.90 Å². The van der Waals surface area contributed by atoms with Gasteiger partial charge in [0.2, 0.25) is 0 Å². The number of ether oxygens (including phenoxy) is 1. The van der Waals surface area contributed by atoms with Gasteiger partial charge in [0.05, 0.1) is 13.2 Å². The third-order valence-electron chi connectivity index (χ3n) is 5.86. The Labute approximate surface area is 173 Å². The van der Waals surface area contributed by atoms with Gasteiger partial charge in [0, 0.05) is 43.1 Å². The summed E-state index contributed by atoms with van der Waals surface area (Å²) in [4.78, 5) is 17.4. The summed E-state index contributed by atoms with van der Waals surface area (Å²) in [5.74, 6) is 0.714. The topological polar surface area (TPSA) is 44.8 Å². The van der Waals surface area contributed by atoms with Crippen molar-refractivity contribution in [3.05, 3.63) is 59.7 Å². The molecule has 0 aromatic heterocycles. The van der Waals surface area contributed by atoms with E-state index in [-0.39, 0.29) is 5.91 Å². The number of nitrogens with one attached hydrogen (secondary N) is 1. The van der Waals surface area contributed by atoms with Gasteiger partial charge >= 0.3 is 0 Å². The Morgan fingerprint density at radius 2 is 1.76 bits per heavy atom. The fourth-order valence-corrected chi connectivity index (χ4v) is 4.23. The highest BCUT2D eigenvalue weighted by Gasteiger charge is 2.16.